The number of amides is 1. The first-order chi connectivity index (χ1) is 14.8. The Labute approximate surface area is 175 Å². The third-order valence-corrected chi connectivity index (χ3v) is 4.84. The Morgan fingerprint density at radius 3 is 2.58 bits per heavy atom. The molecule has 1 aromatic carbocycles. The first kappa shape index (κ1) is 20.7. The number of aromatic nitrogens is 3. The Bertz CT molecular complexity index is 1070. The van der Waals surface area contributed by atoms with Crippen molar-refractivity contribution in [1.82, 2.24) is 19.9 Å². The van der Waals surface area contributed by atoms with Gasteiger partial charge in [0.1, 0.15) is 17.7 Å². The molecule has 2 aromatic heterocycles. The third-order valence-electron chi connectivity index (χ3n) is 4.84. The van der Waals surface area contributed by atoms with Crippen LogP contribution in [0.15, 0.2) is 54.9 Å². The zero-order chi connectivity index (χ0) is 22.0. The third kappa shape index (κ3) is 4.79. The van der Waals surface area contributed by atoms with E-state index in [-0.39, 0.29) is 29.9 Å². The Kier molecular flexibility index (Phi) is 5.53. The van der Waals surface area contributed by atoms with Crippen LogP contribution in [0.1, 0.15) is 17.7 Å². The molecular formula is C21H17F4N5O. The number of hydrogen-bond donors (Lipinski definition) is 1. The highest BCUT2D eigenvalue weighted by Gasteiger charge is 2.35. The fraction of sp³-hybridized carbons (Fsp3) is 0.238. The molecule has 10 heteroatoms. The van der Waals surface area contributed by atoms with Crippen LogP contribution in [0, 0.1) is 5.82 Å². The standard InChI is InChI=1S/C21H17F4N5O/c22-15-5-3-13(4-6-15)12-30-9-7-16(20(30)31)27-18-10-17(21(23,24)25)28-19(29-18)14-2-1-8-26-11-14/h1-6,8,10-11,16H,7,9,12H2,(H,27,28,29). The van der Waals surface area contributed by atoms with Crippen LogP contribution in [0.5, 0.6) is 0 Å². The summed E-state index contributed by atoms with van der Waals surface area (Å²) in [5.74, 6) is -0.869. The van der Waals surface area contributed by atoms with Crippen LogP contribution in [-0.2, 0) is 17.5 Å². The number of hydrogen-bond acceptors (Lipinski definition) is 5. The molecule has 6 nitrogen and oxygen atoms in total. The Morgan fingerprint density at radius 2 is 1.90 bits per heavy atom. The summed E-state index contributed by atoms with van der Waals surface area (Å²) in [4.78, 5) is 26.0. The lowest BCUT2D eigenvalue weighted by atomic mass is 10.2. The highest BCUT2D eigenvalue weighted by Crippen LogP contribution is 2.31. The summed E-state index contributed by atoms with van der Waals surface area (Å²) in [5.41, 5.74) is -0.0274. The van der Waals surface area contributed by atoms with Crippen molar-refractivity contribution < 1.29 is 22.4 Å². The zero-order valence-corrected chi connectivity index (χ0v) is 16.1. The van der Waals surface area contributed by atoms with Crippen molar-refractivity contribution in [2.24, 2.45) is 0 Å². The SMILES string of the molecule is O=C1C(Nc2cc(C(F)(F)F)nc(-c3cccnc3)n2)CCN1Cc1ccc(F)cc1. The molecule has 3 aromatic rings. The van der Waals surface area contributed by atoms with E-state index in [1.54, 1.807) is 29.2 Å². The van der Waals surface area contributed by atoms with E-state index in [1.807, 2.05) is 0 Å². The van der Waals surface area contributed by atoms with Gasteiger partial charge in [0.05, 0.1) is 0 Å². The van der Waals surface area contributed by atoms with Crippen LogP contribution in [-0.4, -0.2) is 38.3 Å². The van der Waals surface area contributed by atoms with Gasteiger partial charge in [-0.1, -0.05) is 12.1 Å². The molecule has 1 saturated heterocycles. The largest absolute Gasteiger partial charge is 0.433 e. The van der Waals surface area contributed by atoms with Gasteiger partial charge in [0.2, 0.25) is 5.91 Å². The summed E-state index contributed by atoms with van der Waals surface area (Å²) in [6.45, 7) is 0.705. The molecule has 1 aliphatic heterocycles. The maximum atomic E-state index is 13.4. The van der Waals surface area contributed by atoms with E-state index >= 15 is 0 Å². The summed E-state index contributed by atoms with van der Waals surface area (Å²) < 4.78 is 53.1. The molecule has 1 aliphatic rings. The van der Waals surface area contributed by atoms with Crippen LogP contribution < -0.4 is 5.32 Å². The minimum absolute atomic E-state index is 0.0943. The van der Waals surface area contributed by atoms with Crippen molar-refractivity contribution in [3.63, 3.8) is 0 Å². The first-order valence-electron chi connectivity index (χ1n) is 9.46. The van der Waals surface area contributed by atoms with Gasteiger partial charge in [-0.25, -0.2) is 14.4 Å². The maximum Gasteiger partial charge on any atom is 0.433 e. The second-order valence-electron chi connectivity index (χ2n) is 7.07. The van der Waals surface area contributed by atoms with Crippen molar-refractivity contribution in [2.45, 2.75) is 25.2 Å². The van der Waals surface area contributed by atoms with Gasteiger partial charge in [-0.3, -0.25) is 9.78 Å². The molecular weight excluding hydrogens is 414 g/mol. The Morgan fingerprint density at radius 1 is 1.13 bits per heavy atom. The predicted octanol–water partition coefficient (Wildman–Crippen LogP) is 3.91. The number of carbonyl (C=O) groups excluding carboxylic acids is 1. The van der Waals surface area contributed by atoms with E-state index in [0.717, 1.165) is 11.6 Å². The average molecular weight is 431 g/mol. The Balaban J connectivity index is 1.54. The van der Waals surface area contributed by atoms with Crippen molar-refractivity contribution in [1.29, 1.82) is 0 Å². The van der Waals surface area contributed by atoms with E-state index in [2.05, 4.69) is 20.3 Å². The van der Waals surface area contributed by atoms with Crippen molar-refractivity contribution in [2.75, 3.05) is 11.9 Å². The molecule has 31 heavy (non-hydrogen) atoms. The van der Waals surface area contributed by atoms with Gasteiger partial charge >= 0.3 is 6.18 Å². The monoisotopic (exact) mass is 431 g/mol. The summed E-state index contributed by atoms with van der Waals surface area (Å²) in [5, 5.41) is 2.82. The van der Waals surface area contributed by atoms with E-state index in [4.69, 9.17) is 0 Å². The average Bonchev–Trinajstić information content (AvgIpc) is 3.09. The minimum atomic E-state index is -4.68. The first-order valence-corrected chi connectivity index (χ1v) is 9.46. The van der Waals surface area contributed by atoms with Crippen LogP contribution in [0.25, 0.3) is 11.4 Å². The zero-order valence-electron chi connectivity index (χ0n) is 16.1. The second kappa shape index (κ2) is 8.29. The van der Waals surface area contributed by atoms with Gasteiger partial charge in [-0.05, 0) is 36.2 Å². The molecule has 0 aliphatic carbocycles. The fourth-order valence-corrected chi connectivity index (χ4v) is 3.31. The molecule has 1 fully saturated rings. The van der Waals surface area contributed by atoms with Crippen molar-refractivity contribution in [3.8, 4) is 11.4 Å². The van der Waals surface area contributed by atoms with Gasteiger partial charge in [0.15, 0.2) is 11.5 Å². The molecule has 4 rings (SSSR count). The smallest absolute Gasteiger partial charge is 0.358 e. The number of nitrogens with zero attached hydrogens (tertiary/aromatic N) is 4. The molecule has 1 atom stereocenters. The van der Waals surface area contributed by atoms with Gasteiger partial charge in [-0.2, -0.15) is 13.2 Å². The summed E-state index contributed by atoms with van der Waals surface area (Å²) >= 11 is 0. The van der Waals surface area contributed by atoms with Crippen LogP contribution in [0.3, 0.4) is 0 Å². The van der Waals surface area contributed by atoms with Gasteiger partial charge < -0.3 is 10.2 Å². The number of carbonyl (C=O) groups is 1. The number of halogens is 4. The van der Waals surface area contributed by atoms with Crippen LogP contribution in [0.4, 0.5) is 23.4 Å². The summed E-state index contributed by atoms with van der Waals surface area (Å²) in [6, 6.07) is 8.98. The van der Waals surface area contributed by atoms with E-state index in [0.29, 0.717) is 18.5 Å². The van der Waals surface area contributed by atoms with E-state index < -0.39 is 17.9 Å². The molecule has 1 amide bonds. The Hall–Kier alpha value is -3.56. The lowest BCUT2D eigenvalue weighted by molar-refractivity contribution is -0.141. The van der Waals surface area contributed by atoms with Gasteiger partial charge in [0.25, 0.3) is 0 Å². The number of anilines is 1. The van der Waals surface area contributed by atoms with Gasteiger partial charge in [0, 0.05) is 37.1 Å². The molecule has 160 valence electrons. The topological polar surface area (TPSA) is 71.0 Å². The number of pyridine rings is 1. The fourth-order valence-electron chi connectivity index (χ4n) is 3.31. The summed E-state index contributed by atoms with van der Waals surface area (Å²) in [6.07, 6.45) is -1.42. The number of likely N-dealkylation sites (tertiary alicyclic amines) is 1. The van der Waals surface area contributed by atoms with Crippen LogP contribution >= 0.6 is 0 Å². The molecule has 1 unspecified atom stereocenters. The number of nitrogens with one attached hydrogen (secondary N) is 1. The van der Waals surface area contributed by atoms with E-state index in [1.165, 1.54) is 24.5 Å². The highest BCUT2D eigenvalue weighted by atomic mass is 19.4. The number of benzene rings is 1. The molecule has 0 saturated carbocycles. The number of alkyl halides is 3. The van der Waals surface area contributed by atoms with Gasteiger partial charge in [-0.15, -0.1) is 0 Å². The molecule has 0 radical (unpaired) electrons. The lowest BCUT2D eigenvalue weighted by Gasteiger charge is -2.18. The number of rotatable bonds is 5. The second-order valence-corrected chi connectivity index (χ2v) is 7.07. The minimum Gasteiger partial charge on any atom is -0.358 e. The molecule has 0 bridgehead atoms. The molecule has 1 N–H and O–H groups in total. The van der Waals surface area contributed by atoms with Crippen molar-refractivity contribution in [3.05, 3.63) is 71.9 Å². The quantitative estimate of drug-likeness (QED) is 0.621. The molecule has 0 spiro atoms. The maximum absolute atomic E-state index is 13.4. The predicted molar refractivity (Wildman–Crippen MR) is 104 cm³/mol. The van der Waals surface area contributed by atoms with E-state index in [9.17, 15) is 22.4 Å². The van der Waals surface area contributed by atoms with Crippen LogP contribution in [0.2, 0.25) is 0 Å². The summed E-state index contributed by atoms with van der Waals surface area (Å²) in [7, 11) is 0. The normalized spacial score (nSPS) is 16.6. The lowest BCUT2D eigenvalue weighted by Crippen LogP contribution is -2.33. The highest BCUT2D eigenvalue weighted by molar-refractivity contribution is 5.86. The van der Waals surface area contributed by atoms with Crippen molar-refractivity contribution >= 4 is 11.7 Å². The molecule has 3 heterocycles.